The van der Waals surface area contributed by atoms with Crippen molar-refractivity contribution in [2.24, 2.45) is 0 Å². The Morgan fingerprint density at radius 2 is 1.74 bits per heavy atom. The summed E-state index contributed by atoms with van der Waals surface area (Å²) in [4.78, 5) is 34.1. The van der Waals surface area contributed by atoms with Gasteiger partial charge in [-0.15, -0.1) is 0 Å². The lowest BCUT2D eigenvalue weighted by atomic mass is 10.1. The predicted molar refractivity (Wildman–Crippen MR) is 138 cm³/mol. The van der Waals surface area contributed by atoms with E-state index in [2.05, 4.69) is 6.07 Å². The molecule has 0 spiro atoms. The molecular weight excluding hydrogens is 446 g/mol. The first-order chi connectivity index (χ1) is 16.3. The Kier molecular flexibility index (Phi) is 6.85. The summed E-state index contributed by atoms with van der Waals surface area (Å²) in [6.07, 6.45) is 0.600. The number of benzene rings is 3. The fraction of sp³-hybridized carbons (Fsp3) is 0.250. The van der Waals surface area contributed by atoms with Crippen molar-refractivity contribution in [3.8, 4) is 5.69 Å². The maximum atomic E-state index is 13.8. The van der Waals surface area contributed by atoms with Crippen molar-refractivity contribution in [1.29, 1.82) is 0 Å². The van der Waals surface area contributed by atoms with E-state index in [1.807, 2.05) is 58.0 Å². The second-order valence-corrected chi connectivity index (χ2v) is 8.88. The lowest BCUT2D eigenvalue weighted by Gasteiger charge is -2.32. The Labute approximate surface area is 204 Å². The lowest BCUT2D eigenvalue weighted by molar-refractivity contribution is 0.0672. The highest BCUT2D eigenvalue weighted by Crippen LogP contribution is 2.28. The fourth-order valence-corrected chi connectivity index (χ4v) is 4.59. The minimum Gasteiger partial charge on any atom is -0.329 e. The molecule has 6 heteroatoms. The number of halogens is 1. The van der Waals surface area contributed by atoms with Gasteiger partial charge in [0.15, 0.2) is 0 Å². The van der Waals surface area contributed by atoms with Gasteiger partial charge in [0.05, 0.1) is 22.6 Å². The molecule has 34 heavy (non-hydrogen) atoms. The van der Waals surface area contributed by atoms with E-state index in [1.165, 1.54) is 0 Å². The third kappa shape index (κ3) is 4.36. The average molecular weight is 474 g/mol. The number of hydrogen-bond donors (Lipinski definition) is 0. The molecular formula is C28H28ClN3O2. The Balaban J connectivity index is 1.96. The Bertz CT molecular complexity index is 1410. The molecule has 0 bridgehead atoms. The highest BCUT2D eigenvalue weighted by molar-refractivity contribution is 6.30. The molecule has 4 rings (SSSR count). The van der Waals surface area contributed by atoms with Crippen molar-refractivity contribution in [3.05, 3.63) is 105 Å². The van der Waals surface area contributed by atoms with Crippen LogP contribution in [0.3, 0.4) is 0 Å². The van der Waals surface area contributed by atoms with Crippen LogP contribution in [0.1, 0.15) is 53.6 Å². The quantitative estimate of drug-likeness (QED) is 0.331. The number of hydrogen-bond acceptors (Lipinski definition) is 3. The van der Waals surface area contributed by atoms with E-state index in [-0.39, 0.29) is 11.5 Å². The zero-order chi connectivity index (χ0) is 24.4. The number of aromatic nitrogens is 2. The van der Waals surface area contributed by atoms with Crippen LogP contribution >= 0.6 is 11.6 Å². The van der Waals surface area contributed by atoms with Gasteiger partial charge in [-0.1, -0.05) is 48.4 Å². The number of aryl methyl sites for hydroxylation is 2. The maximum Gasteiger partial charge on any atom is 0.266 e. The van der Waals surface area contributed by atoms with Crippen molar-refractivity contribution in [1.82, 2.24) is 14.5 Å². The zero-order valence-electron chi connectivity index (χ0n) is 19.9. The summed E-state index contributed by atoms with van der Waals surface area (Å²) in [5, 5.41) is 1.12. The number of carbonyl (C=O) groups is 1. The minimum absolute atomic E-state index is 0.124. The highest BCUT2D eigenvalue weighted by atomic mass is 35.5. The van der Waals surface area contributed by atoms with Gasteiger partial charge in [-0.3, -0.25) is 14.2 Å². The smallest absolute Gasteiger partial charge is 0.266 e. The predicted octanol–water partition coefficient (Wildman–Crippen LogP) is 6.27. The molecule has 0 saturated carbocycles. The largest absolute Gasteiger partial charge is 0.329 e. The summed E-state index contributed by atoms with van der Waals surface area (Å²) in [6, 6.07) is 19.8. The van der Waals surface area contributed by atoms with Crippen molar-refractivity contribution in [3.63, 3.8) is 0 Å². The number of carbonyl (C=O) groups excluding carboxylic acids is 1. The van der Waals surface area contributed by atoms with Crippen LogP contribution in [0.15, 0.2) is 71.5 Å². The van der Waals surface area contributed by atoms with E-state index in [4.69, 9.17) is 16.6 Å². The van der Waals surface area contributed by atoms with Gasteiger partial charge in [-0.25, -0.2) is 4.98 Å². The maximum absolute atomic E-state index is 13.8. The van der Waals surface area contributed by atoms with Gasteiger partial charge in [-0.05, 0) is 75.2 Å². The molecule has 0 fully saturated rings. The summed E-state index contributed by atoms with van der Waals surface area (Å²) in [7, 11) is 0. The fourth-order valence-electron chi connectivity index (χ4n) is 4.47. The number of rotatable bonds is 6. The first-order valence-corrected chi connectivity index (χ1v) is 11.9. The molecule has 0 aliphatic carbocycles. The molecule has 1 aromatic heterocycles. The topological polar surface area (TPSA) is 55.2 Å². The zero-order valence-corrected chi connectivity index (χ0v) is 20.6. The van der Waals surface area contributed by atoms with Gasteiger partial charge >= 0.3 is 0 Å². The van der Waals surface area contributed by atoms with Gasteiger partial charge in [0.25, 0.3) is 11.5 Å². The lowest BCUT2D eigenvalue weighted by Crippen LogP contribution is -2.38. The summed E-state index contributed by atoms with van der Waals surface area (Å²) in [5.74, 6) is 0.433. The SMILES string of the molecule is CCC(c1nc2ccccc2c(=O)n1-c1ccc(C)cc1C)N(CC)C(=O)c1ccc(Cl)cc1. The Morgan fingerprint density at radius 3 is 2.38 bits per heavy atom. The molecule has 0 N–H and O–H groups in total. The molecule has 1 atom stereocenters. The monoisotopic (exact) mass is 473 g/mol. The Morgan fingerprint density at radius 1 is 1.03 bits per heavy atom. The minimum atomic E-state index is -0.397. The van der Waals surface area contributed by atoms with Crippen LogP contribution in [0.25, 0.3) is 16.6 Å². The van der Waals surface area contributed by atoms with E-state index in [9.17, 15) is 9.59 Å². The first-order valence-electron chi connectivity index (χ1n) is 11.5. The second-order valence-electron chi connectivity index (χ2n) is 8.44. The highest BCUT2D eigenvalue weighted by Gasteiger charge is 2.29. The molecule has 1 amide bonds. The number of para-hydroxylation sites is 1. The van der Waals surface area contributed by atoms with Crippen molar-refractivity contribution in [2.45, 2.75) is 40.2 Å². The molecule has 0 aliphatic heterocycles. The summed E-state index contributed by atoms with van der Waals surface area (Å²) in [6.45, 7) is 8.44. The molecule has 1 heterocycles. The third-order valence-electron chi connectivity index (χ3n) is 6.15. The van der Waals surface area contributed by atoms with Crippen LogP contribution in [0.4, 0.5) is 0 Å². The second kappa shape index (κ2) is 9.82. The Hall–Kier alpha value is -3.44. The van der Waals surface area contributed by atoms with Crippen LogP contribution < -0.4 is 5.56 Å². The number of nitrogens with zero attached hydrogens (tertiary/aromatic N) is 3. The van der Waals surface area contributed by atoms with Gasteiger partial charge in [-0.2, -0.15) is 0 Å². The van der Waals surface area contributed by atoms with Crippen LogP contribution in [-0.2, 0) is 0 Å². The van der Waals surface area contributed by atoms with Crippen molar-refractivity contribution < 1.29 is 4.79 Å². The molecule has 0 saturated heterocycles. The van der Waals surface area contributed by atoms with Gasteiger partial charge < -0.3 is 4.90 Å². The molecule has 5 nitrogen and oxygen atoms in total. The van der Waals surface area contributed by atoms with Crippen LogP contribution in [-0.4, -0.2) is 26.9 Å². The number of amides is 1. The normalized spacial score (nSPS) is 12.0. The van der Waals surface area contributed by atoms with Gasteiger partial charge in [0, 0.05) is 17.1 Å². The summed E-state index contributed by atoms with van der Waals surface area (Å²) in [5.41, 5.74) is 3.90. The van der Waals surface area contributed by atoms with E-state index in [1.54, 1.807) is 39.8 Å². The molecule has 174 valence electrons. The molecule has 1 unspecified atom stereocenters. The van der Waals surface area contributed by atoms with Gasteiger partial charge in [0.2, 0.25) is 0 Å². The van der Waals surface area contributed by atoms with E-state index in [0.29, 0.717) is 40.3 Å². The number of fused-ring (bicyclic) bond motifs is 1. The van der Waals surface area contributed by atoms with E-state index in [0.717, 1.165) is 16.8 Å². The molecule has 0 radical (unpaired) electrons. The average Bonchev–Trinajstić information content (AvgIpc) is 2.83. The van der Waals surface area contributed by atoms with Crippen LogP contribution in [0.2, 0.25) is 5.02 Å². The van der Waals surface area contributed by atoms with Crippen molar-refractivity contribution >= 4 is 28.4 Å². The van der Waals surface area contributed by atoms with E-state index >= 15 is 0 Å². The third-order valence-corrected chi connectivity index (χ3v) is 6.40. The molecule has 0 aliphatic rings. The first kappa shape index (κ1) is 23.7. The van der Waals surface area contributed by atoms with Crippen molar-refractivity contribution in [2.75, 3.05) is 6.54 Å². The molecule has 3 aromatic carbocycles. The van der Waals surface area contributed by atoms with E-state index < -0.39 is 6.04 Å². The summed E-state index contributed by atoms with van der Waals surface area (Å²) < 4.78 is 1.68. The molecule has 4 aromatic rings. The van der Waals surface area contributed by atoms with Crippen LogP contribution in [0.5, 0.6) is 0 Å². The van der Waals surface area contributed by atoms with Gasteiger partial charge in [0.1, 0.15) is 5.82 Å². The standard InChI is InChI=1S/C28H28ClN3O2/c1-5-24(31(6-2)27(33)20-12-14-21(29)15-13-20)26-30-23-10-8-7-9-22(23)28(34)32(26)25-16-11-18(3)17-19(25)4/h7-17,24H,5-6H2,1-4H3. The summed E-state index contributed by atoms with van der Waals surface area (Å²) >= 11 is 6.03. The van der Waals surface area contributed by atoms with Crippen LogP contribution in [0, 0.1) is 13.8 Å².